The lowest BCUT2D eigenvalue weighted by Crippen LogP contribution is -2.28. The average Bonchev–Trinajstić information content (AvgIpc) is 3.12. The van der Waals surface area contributed by atoms with E-state index in [0.29, 0.717) is 12.8 Å². The molecule has 0 aliphatic rings. The predicted octanol–water partition coefficient (Wildman–Crippen LogP) is 13.2. The first-order valence-corrected chi connectivity index (χ1v) is 20.8. The number of hydrogen-bond acceptors (Lipinski definition) is 5. The number of carbonyl (C=O) groups excluding carboxylic acids is 2. The standard InChI is InChI=1S/C45H78O5/c1-3-5-7-9-11-13-15-17-19-20-21-22-23-24-26-27-29-31-33-35-37-39-44(47)49-42-43(41-46)50-45(48)40-38-36-34-32-30-28-25-18-16-14-12-10-8-6-4-2/h6,8,12,14,17-19,25,30,32,43,46H,3-5,7,9-11,13,15-16,20-24,26-29,31,33-42H2,1-2H3/b8-6+,14-12+,19-17+,25-18+,32-30+/t43-/m0/s1. The molecule has 5 heteroatoms. The SMILES string of the molecule is CC/C=C/C/C=C/C/C=C/C/C=C/CCCCC(=O)O[C@@H](CO)COC(=O)CCCCCCCCCCCCC/C=C/CCCCCCCC. The largest absolute Gasteiger partial charge is 0.462 e. The molecule has 1 N–H and O–H groups in total. The molecule has 0 bridgehead atoms. The summed E-state index contributed by atoms with van der Waals surface area (Å²) in [6, 6.07) is 0. The molecule has 0 fully saturated rings. The number of hydrogen-bond donors (Lipinski definition) is 1. The minimum atomic E-state index is -0.794. The molecule has 0 saturated heterocycles. The van der Waals surface area contributed by atoms with Crippen LogP contribution in [0.5, 0.6) is 0 Å². The minimum Gasteiger partial charge on any atom is -0.462 e. The highest BCUT2D eigenvalue weighted by atomic mass is 16.6. The molecule has 0 aliphatic carbocycles. The van der Waals surface area contributed by atoms with Gasteiger partial charge < -0.3 is 14.6 Å². The van der Waals surface area contributed by atoms with Crippen LogP contribution < -0.4 is 0 Å². The second-order valence-corrected chi connectivity index (χ2v) is 13.7. The maximum Gasteiger partial charge on any atom is 0.306 e. The monoisotopic (exact) mass is 699 g/mol. The van der Waals surface area contributed by atoms with Gasteiger partial charge in [-0.25, -0.2) is 0 Å². The Kier molecular flexibility index (Phi) is 39.1. The van der Waals surface area contributed by atoms with Crippen molar-refractivity contribution in [2.75, 3.05) is 13.2 Å². The first-order valence-electron chi connectivity index (χ1n) is 20.8. The van der Waals surface area contributed by atoms with E-state index in [4.69, 9.17) is 9.47 Å². The van der Waals surface area contributed by atoms with Gasteiger partial charge >= 0.3 is 11.9 Å². The van der Waals surface area contributed by atoms with E-state index in [2.05, 4.69) is 74.6 Å². The van der Waals surface area contributed by atoms with Gasteiger partial charge in [0.25, 0.3) is 0 Å². The summed E-state index contributed by atoms with van der Waals surface area (Å²) < 4.78 is 10.6. The second kappa shape index (κ2) is 41.0. The number of allylic oxidation sites excluding steroid dienone is 10. The van der Waals surface area contributed by atoms with Crippen LogP contribution in [0.1, 0.15) is 194 Å². The Balaban J connectivity index is 3.58. The molecule has 0 amide bonds. The zero-order chi connectivity index (χ0) is 36.4. The predicted molar refractivity (Wildman–Crippen MR) is 214 cm³/mol. The summed E-state index contributed by atoms with van der Waals surface area (Å²) in [5.41, 5.74) is 0. The zero-order valence-electron chi connectivity index (χ0n) is 32.6. The first kappa shape index (κ1) is 47.6. The smallest absolute Gasteiger partial charge is 0.306 e. The van der Waals surface area contributed by atoms with Crippen LogP contribution in [0.4, 0.5) is 0 Å². The Labute approximate surface area is 309 Å². The van der Waals surface area contributed by atoms with Crippen molar-refractivity contribution in [1.82, 2.24) is 0 Å². The molecular formula is C45H78O5. The lowest BCUT2D eigenvalue weighted by Gasteiger charge is -2.15. The van der Waals surface area contributed by atoms with Gasteiger partial charge in [-0.05, 0) is 77.0 Å². The highest BCUT2D eigenvalue weighted by Crippen LogP contribution is 2.14. The van der Waals surface area contributed by atoms with E-state index in [-0.39, 0.29) is 25.2 Å². The zero-order valence-corrected chi connectivity index (χ0v) is 32.6. The fraction of sp³-hybridized carbons (Fsp3) is 0.733. The van der Waals surface area contributed by atoms with Gasteiger partial charge in [0.2, 0.25) is 0 Å². The molecule has 0 spiro atoms. The van der Waals surface area contributed by atoms with E-state index in [1.54, 1.807) is 0 Å². The van der Waals surface area contributed by atoms with E-state index in [1.165, 1.54) is 103 Å². The molecule has 0 aromatic carbocycles. The summed E-state index contributed by atoms with van der Waals surface area (Å²) in [7, 11) is 0. The second-order valence-electron chi connectivity index (χ2n) is 13.7. The Morgan fingerprint density at radius 3 is 1.36 bits per heavy atom. The molecule has 288 valence electrons. The van der Waals surface area contributed by atoms with Gasteiger partial charge in [0, 0.05) is 12.8 Å². The fourth-order valence-electron chi connectivity index (χ4n) is 5.66. The fourth-order valence-corrected chi connectivity index (χ4v) is 5.66. The number of unbranched alkanes of at least 4 members (excludes halogenated alkanes) is 19. The quantitative estimate of drug-likeness (QED) is 0.0397. The van der Waals surface area contributed by atoms with E-state index in [0.717, 1.165) is 64.2 Å². The summed E-state index contributed by atoms with van der Waals surface area (Å²) in [4.78, 5) is 24.3. The molecule has 5 nitrogen and oxygen atoms in total. The van der Waals surface area contributed by atoms with Gasteiger partial charge in [0.05, 0.1) is 6.61 Å². The molecule has 50 heavy (non-hydrogen) atoms. The van der Waals surface area contributed by atoms with E-state index < -0.39 is 6.10 Å². The summed E-state index contributed by atoms with van der Waals surface area (Å²) in [6.45, 7) is 3.98. The maximum absolute atomic E-state index is 12.2. The summed E-state index contributed by atoms with van der Waals surface area (Å²) >= 11 is 0. The van der Waals surface area contributed by atoms with Crippen molar-refractivity contribution in [2.24, 2.45) is 0 Å². The van der Waals surface area contributed by atoms with Crippen molar-refractivity contribution in [1.29, 1.82) is 0 Å². The Bertz CT molecular complexity index is 884. The van der Waals surface area contributed by atoms with Crippen LogP contribution in [0, 0.1) is 0 Å². The third-order valence-corrected chi connectivity index (χ3v) is 8.80. The van der Waals surface area contributed by atoms with Crippen LogP contribution in [0.15, 0.2) is 60.8 Å². The van der Waals surface area contributed by atoms with Crippen molar-refractivity contribution in [3.05, 3.63) is 60.8 Å². The van der Waals surface area contributed by atoms with Gasteiger partial charge in [-0.15, -0.1) is 0 Å². The molecule has 0 saturated carbocycles. The molecule has 1 atom stereocenters. The lowest BCUT2D eigenvalue weighted by atomic mass is 10.0. The molecule has 0 unspecified atom stereocenters. The highest BCUT2D eigenvalue weighted by molar-refractivity contribution is 5.70. The maximum atomic E-state index is 12.2. The number of rotatable bonds is 37. The normalized spacial score (nSPS) is 12.8. The summed E-state index contributed by atoms with van der Waals surface area (Å²) in [5.74, 6) is -0.641. The van der Waals surface area contributed by atoms with Crippen molar-refractivity contribution in [3.8, 4) is 0 Å². The van der Waals surface area contributed by atoms with Crippen LogP contribution in [0.2, 0.25) is 0 Å². The molecule has 0 heterocycles. The number of esters is 2. The van der Waals surface area contributed by atoms with Crippen molar-refractivity contribution in [2.45, 2.75) is 200 Å². The third kappa shape index (κ3) is 38.4. The number of ether oxygens (including phenoxy) is 2. The molecule has 0 aliphatic heterocycles. The first-order chi connectivity index (χ1) is 24.6. The van der Waals surface area contributed by atoms with E-state index in [1.807, 2.05) is 0 Å². The number of aliphatic hydroxyl groups is 1. The van der Waals surface area contributed by atoms with Crippen LogP contribution >= 0.6 is 0 Å². The van der Waals surface area contributed by atoms with Crippen molar-refractivity contribution in [3.63, 3.8) is 0 Å². The summed E-state index contributed by atoms with van der Waals surface area (Å²) in [6.07, 6.45) is 52.9. The average molecular weight is 699 g/mol. The van der Waals surface area contributed by atoms with Crippen molar-refractivity contribution < 1.29 is 24.2 Å². The topological polar surface area (TPSA) is 72.8 Å². The van der Waals surface area contributed by atoms with E-state index >= 15 is 0 Å². The Morgan fingerprint density at radius 1 is 0.480 bits per heavy atom. The van der Waals surface area contributed by atoms with Gasteiger partial charge in [-0.2, -0.15) is 0 Å². The van der Waals surface area contributed by atoms with Gasteiger partial charge in [0.1, 0.15) is 6.61 Å². The van der Waals surface area contributed by atoms with Gasteiger partial charge in [-0.1, -0.05) is 164 Å². The van der Waals surface area contributed by atoms with Crippen LogP contribution in [0.25, 0.3) is 0 Å². The van der Waals surface area contributed by atoms with Crippen molar-refractivity contribution >= 4 is 11.9 Å². The number of aliphatic hydroxyl groups excluding tert-OH is 1. The van der Waals surface area contributed by atoms with E-state index in [9.17, 15) is 14.7 Å². The van der Waals surface area contributed by atoms with Crippen LogP contribution in [0.3, 0.4) is 0 Å². The third-order valence-electron chi connectivity index (χ3n) is 8.80. The van der Waals surface area contributed by atoms with Gasteiger partial charge in [0.15, 0.2) is 6.10 Å². The lowest BCUT2D eigenvalue weighted by molar-refractivity contribution is -0.161. The molecular weight excluding hydrogens is 620 g/mol. The number of carbonyl (C=O) groups is 2. The van der Waals surface area contributed by atoms with Gasteiger partial charge in [-0.3, -0.25) is 9.59 Å². The molecule has 0 aromatic heterocycles. The molecule has 0 aromatic rings. The summed E-state index contributed by atoms with van der Waals surface area (Å²) in [5, 5.41) is 9.56. The highest BCUT2D eigenvalue weighted by Gasteiger charge is 2.16. The Hall–Kier alpha value is -2.40. The molecule has 0 radical (unpaired) electrons. The Morgan fingerprint density at radius 2 is 0.860 bits per heavy atom. The molecule has 0 rings (SSSR count). The minimum absolute atomic E-state index is 0.0843. The van der Waals surface area contributed by atoms with Crippen LogP contribution in [-0.4, -0.2) is 36.4 Å². The van der Waals surface area contributed by atoms with Crippen LogP contribution in [-0.2, 0) is 19.1 Å².